The van der Waals surface area contributed by atoms with Crippen molar-refractivity contribution in [3.63, 3.8) is 0 Å². The first-order valence-electron chi connectivity index (χ1n) is 6.83. The second kappa shape index (κ2) is 6.37. The lowest BCUT2D eigenvalue weighted by molar-refractivity contribution is -0.121. The monoisotopic (exact) mass is 285 g/mol. The summed E-state index contributed by atoms with van der Waals surface area (Å²) in [6.45, 7) is 3.68. The summed E-state index contributed by atoms with van der Waals surface area (Å²) in [6.07, 6.45) is 0. The van der Waals surface area contributed by atoms with Crippen LogP contribution in [0.2, 0.25) is 0 Å². The van der Waals surface area contributed by atoms with Crippen LogP contribution < -0.4 is 16.4 Å². The maximum absolute atomic E-state index is 11.7. The third kappa shape index (κ3) is 3.58. The average Bonchev–Trinajstić information content (AvgIpc) is 2.45. The van der Waals surface area contributed by atoms with Gasteiger partial charge >= 0.3 is 6.03 Å². The number of primary amides is 1. The van der Waals surface area contributed by atoms with Crippen molar-refractivity contribution < 1.29 is 9.59 Å². The first kappa shape index (κ1) is 15.0. The number of benzene rings is 2. The van der Waals surface area contributed by atoms with Gasteiger partial charge < -0.3 is 5.73 Å². The Bertz CT molecular complexity index is 664. The smallest absolute Gasteiger partial charge is 0.318 e. The lowest BCUT2D eigenvalue weighted by Gasteiger charge is -2.20. The molecule has 0 bridgehead atoms. The number of imide groups is 1. The number of carbonyl (C=O) groups is 2. The molecule has 0 aliphatic carbocycles. The van der Waals surface area contributed by atoms with Gasteiger partial charge in [-0.05, 0) is 30.2 Å². The predicted molar refractivity (Wildman–Crippen MR) is 82.7 cm³/mol. The molecule has 2 atom stereocenters. The average molecular weight is 285 g/mol. The zero-order chi connectivity index (χ0) is 15.4. The van der Waals surface area contributed by atoms with E-state index in [1.165, 1.54) is 0 Å². The quantitative estimate of drug-likeness (QED) is 0.804. The summed E-state index contributed by atoms with van der Waals surface area (Å²) in [7, 11) is 0. The Balaban J connectivity index is 2.17. The molecule has 4 N–H and O–H groups in total. The van der Waals surface area contributed by atoms with Gasteiger partial charge in [0.2, 0.25) is 5.91 Å². The molecule has 2 aromatic carbocycles. The highest BCUT2D eigenvalue weighted by atomic mass is 16.2. The minimum Gasteiger partial charge on any atom is -0.351 e. The van der Waals surface area contributed by atoms with Gasteiger partial charge in [0, 0.05) is 6.04 Å². The van der Waals surface area contributed by atoms with Crippen molar-refractivity contribution in [2.45, 2.75) is 25.9 Å². The topological polar surface area (TPSA) is 84.2 Å². The van der Waals surface area contributed by atoms with Gasteiger partial charge in [-0.25, -0.2) is 4.79 Å². The van der Waals surface area contributed by atoms with Gasteiger partial charge in [-0.15, -0.1) is 0 Å². The van der Waals surface area contributed by atoms with E-state index in [2.05, 4.69) is 28.8 Å². The number of fused-ring (bicyclic) bond motifs is 1. The Morgan fingerprint density at radius 1 is 1.05 bits per heavy atom. The lowest BCUT2D eigenvalue weighted by Crippen LogP contribution is -2.47. The van der Waals surface area contributed by atoms with Gasteiger partial charge in [-0.3, -0.25) is 15.4 Å². The summed E-state index contributed by atoms with van der Waals surface area (Å²) in [6, 6.07) is 12.8. The van der Waals surface area contributed by atoms with Crippen molar-refractivity contribution in [3.8, 4) is 0 Å². The molecule has 0 radical (unpaired) electrons. The summed E-state index contributed by atoms with van der Waals surface area (Å²) in [5.74, 6) is -0.436. The number of rotatable bonds is 4. The molecule has 0 saturated carbocycles. The minimum absolute atomic E-state index is 0.0373. The van der Waals surface area contributed by atoms with Crippen LogP contribution in [0.15, 0.2) is 42.5 Å². The zero-order valence-electron chi connectivity index (χ0n) is 12.1. The molecule has 21 heavy (non-hydrogen) atoms. The number of nitrogens with one attached hydrogen (secondary N) is 2. The molecule has 0 spiro atoms. The van der Waals surface area contributed by atoms with Crippen LogP contribution in [0.1, 0.15) is 25.5 Å². The van der Waals surface area contributed by atoms with Crippen LogP contribution in [0, 0.1) is 0 Å². The molecule has 5 nitrogen and oxygen atoms in total. The normalized spacial score (nSPS) is 13.6. The third-order valence-electron chi connectivity index (χ3n) is 3.43. The molecule has 0 aromatic heterocycles. The fraction of sp³-hybridized carbons (Fsp3) is 0.250. The Labute approximate surface area is 123 Å². The molecule has 3 amide bonds. The van der Waals surface area contributed by atoms with Crippen LogP contribution in [0.3, 0.4) is 0 Å². The van der Waals surface area contributed by atoms with Crippen molar-refractivity contribution >= 4 is 22.7 Å². The van der Waals surface area contributed by atoms with Gasteiger partial charge in [-0.1, -0.05) is 42.5 Å². The van der Waals surface area contributed by atoms with Crippen LogP contribution >= 0.6 is 0 Å². The summed E-state index contributed by atoms with van der Waals surface area (Å²) in [4.78, 5) is 22.4. The Morgan fingerprint density at radius 3 is 2.43 bits per heavy atom. The van der Waals surface area contributed by atoms with Crippen LogP contribution in [0.4, 0.5) is 4.79 Å². The lowest BCUT2D eigenvalue weighted by atomic mass is 9.99. The first-order chi connectivity index (χ1) is 9.99. The van der Waals surface area contributed by atoms with Crippen LogP contribution in [0.5, 0.6) is 0 Å². The van der Waals surface area contributed by atoms with E-state index >= 15 is 0 Å². The van der Waals surface area contributed by atoms with Crippen molar-refractivity contribution in [2.24, 2.45) is 5.73 Å². The fourth-order valence-electron chi connectivity index (χ4n) is 2.40. The third-order valence-corrected chi connectivity index (χ3v) is 3.43. The molecule has 110 valence electrons. The van der Waals surface area contributed by atoms with E-state index in [4.69, 9.17) is 5.73 Å². The molecule has 2 aromatic rings. The molecule has 0 aliphatic heterocycles. The van der Waals surface area contributed by atoms with Crippen LogP contribution in [0.25, 0.3) is 10.8 Å². The van der Waals surface area contributed by atoms with Crippen molar-refractivity contribution in [2.75, 3.05) is 0 Å². The molecule has 0 aliphatic rings. The van der Waals surface area contributed by atoms with E-state index in [1.807, 2.05) is 31.2 Å². The molecule has 0 heterocycles. The molecule has 5 heteroatoms. The molecular weight excluding hydrogens is 266 g/mol. The van der Waals surface area contributed by atoms with Gasteiger partial charge in [0.1, 0.15) is 0 Å². The highest BCUT2D eigenvalue weighted by Crippen LogP contribution is 2.24. The van der Waals surface area contributed by atoms with E-state index in [0.717, 1.165) is 16.3 Å². The first-order valence-corrected chi connectivity index (χ1v) is 6.83. The van der Waals surface area contributed by atoms with E-state index < -0.39 is 18.0 Å². The second-order valence-corrected chi connectivity index (χ2v) is 5.03. The van der Waals surface area contributed by atoms with E-state index in [1.54, 1.807) is 6.92 Å². The number of carbonyl (C=O) groups excluding carboxylic acids is 2. The summed E-state index contributed by atoms with van der Waals surface area (Å²) in [5.41, 5.74) is 6.05. The van der Waals surface area contributed by atoms with Crippen LogP contribution in [-0.4, -0.2) is 18.0 Å². The summed E-state index contributed by atoms with van der Waals surface area (Å²) < 4.78 is 0. The highest BCUT2D eigenvalue weighted by Gasteiger charge is 2.18. The van der Waals surface area contributed by atoms with Crippen molar-refractivity contribution in [3.05, 3.63) is 48.0 Å². The van der Waals surface area contributed by atoms with Gasteiger partial charge in [0.15, 0.2) is 0 Å². The molecule has 2 rings (SSSR count). The molecular formula is C16H19N3O2. The van der Waals surface area contributed by atoms with E-state index in [-0.39, 0.29) is 6.04 Å². The SMILES string of the molecule is C[C@H](N[C@H](C)C(=O)NC(N)=O)c1cccc2ccccc12. The number of amides is 3. The van der Waals surface area contributed by atoms with Gasteiger partial charge in [0.25, 0.3) is 0 Å². The summed E-state index contributed by atoms with van der Waals surface area (Å²) in [5, 5.41) is 7.54. The second-order valence-electron chi connectivity index (χ2n) is 5.03. The van der Waals surface area contributed by atoms with E-state index in [9.17, 15) is 9.59 Å². The van der Waals surface area contributed by atoms with Crippen molar-refractivity contribution in [1.82, 2.24) is 10.6 Å². The van der Waals surface area contributed by atoms with E-state index in [0.29, 0.717) is 0 Å². The van der Waals surface area contributed by atoms with Crippen molar-refractivity contribution in [1.29, 1.82) is 0 Å². The molecule has 0 unspecified atom stereocenters. The largest absolute Gasteiger partial charge is 0.351 e. The maximum atomic E-state index is 11.7. The maximum Gasteiger partial charge on any atom is 0.318 e. The Hall–Kier alpha value is -2.40. The number of urea groups is 1. The molecule has 0 fully saturated rings. The number of hydrogen-bond donors (Lipinski definition) is 3. The fourth-order valence-corrected chi connectivity index (χ4v) is 2.40. The summed E-state index contributed by atoms with van der Waals surface area (Å²) >= 11 is 0. The molecule has 0 saturated heterocycles. The van der Waals surface area contributed by atoms with Gasteiger partial charge in [0.05, 0.1) is 6.04 Å². The Kier molecular flexibility index (Phi) is 4.55. The van der Waals surface area contributed by atoms with Gasteiger partial charge in [-0.2, -0.15) is 0 Å². The highest BCUT2D eigenvalue weighted by molar-refractivity contribution is 5.96. The standard InChI is InChI=1S/C16H19N3O2/c1-10(18-11(2)15(20)19-16(17)21)13-9-5-7-12-6-3-4-8-14(12)13/h3-11,18H,1-2H3,(H3,17,19,20,21)/t10-,11+/m0/s1. The minimum atomic E-state index is -0.841. The van der Waals surface area contributed by atoms with Crippen LogP contribution in [-0.2, 0) is 4.79 Å². The number of nitrogens with two attached hydrogens (primary N) is 1. The predicted octanol–water partition coefficient (Wildman–Crippen LogP) is 2.07. The zero-order valence-corrected chi connectivity index (χ0v) is 12.1. The Morgan fingerprint density at radius 2 is 1.71 bits per heavy atom. The number of hydrogen-bond acceptors (Lipinski definition) is 3.